The summed E-state index contributed by atoms with van der Waals surface area (Å²) in [5, 5.41) is 2.92. The average Bonchev–Trinajstić information content (AvgIpc) is 1.90. The van der Waals surface area contributed by atoms with Crippen LogP contribution in [0.15, 0.2) is 12.5 Å². The Hall–Kier alpha value is -0.660. The monoisotopic (exact) mass is 98.1 g/mol. The van der Waals surface area contributed by atoms with Crippen LogP contribution in [0.5, 0.6) is 0 Å². The fourth-order valence-electron chi connectivity index (χ4n) is 0.434. The highest BCUT2D eigenvalue weighted by atomic mass is 16.5. The lowest BCUT2D eigenvalue weighted by Gasteiger charge is -1.90. The van der Waals surface area contributed by atoms with E-state index in [4.69, 9.17) is 4.74 Å². The van der Waals surface area contributed by atoms with Gasteiger partial charge in [-0.05, 0) is 0 Å². The molecular weight excluding hydrogens is 90.1 g/mol. The number of rotatable bonds is 0. The third-order valence-corrected chi connectivity index (χ3v) is 0.758. The molecule has 0 amide bonds. The predicted octanol–water partition coefficient (Wildman–Crippen LogP) is 0.629. The first-order valence-electron chi connectivity index (χ1n) is 2.34. The van der Waals surface area contributed by atoms with Gasteiger partial charge in [0.1, 0.15) is 0 Å². The van der Waals surface area contributed by atoms with Crippen molar-refractivity contribution >= 4 is 0 Å². The van der Waals surface area contributed by atoms with Crippen molar-refractivity contribution in [2.75, 3.05) is 6.61 Å². The van der Waals surface area contributed by atoms with Gasteiger partial charge in [-0.15, -0.1) is 0 Å². The summed E-state index contributed by atoms with van der Waals surface area (Å²) < 4.78 is 4.92. The lowest BCUT2D eigenvalue weighted by Crippen LogP contribution is -1.97. The minimum Gasteiger partial charge on any atom is -0.500 e. The molecule has 1 aliphatic heterocycles. The van der Waals surface area contributed by atoms with Gasteiger partial charge in [0.15, 0.2) is 0 Å². The first-order chi connectivity index (χ1) is 3.50. The zero-order chi connectivity index (χ0) is 4.95. The molecular formula is C5H8NO. The lowest BCUT2D eigenvalue weighted by molar-refractivity contribution is 0.256. The van der Waals surface area contributed by atoms with E-state index in [0.717, 1.165) is 13.0 Å². The fourth-order valence-corrected chi connectivity index (χ4v) is 0.434. The van der Waals surface area contributed by atoms with E-state index in [-0.39, 0.29) is 0 Å². The van der Waals surface area contributed by atoms with Crippen molar-refractivity contribution in [1.82, 2.24) is 5.32 Å². The van der Waals surface area contributed by atoms with Gasteiger partial charge in [-0.1, -0.05) is 0 Å². The molecule has 39 valence electrons. The van der Waals surface area contributed by atoms with Crippen LogP contribution in [0, 0.1) is 6.54 Å². The molecule has 0 aliphatic carbocycles. The predicted molar refractivity (Wildman–Crippen MR) is 27.1 cm³/mol. The molecule has 0 spiro atoms. The molecule has 0 atom stereocenters. The second kappa shape index (κ2) is 2.50. The quantitative estimate of drug-likeness (QED) is 0.479. The summed E-state index contributed by atoms with van der Waals surface area (Å²) in [7, 11) is 0. The second-order valence-corrected chi connectivity index (χ2v) is 1.33. The van der Waals surface area contributed by atoms with Crippen LogP contribution in [0.2, 0.25) is 0 Å². The van der Waals surface area contributed by atoms with E-state index in [1.54, 1.807) is 12.5 Å². The molecule has 1 radical (unpaired) electrons. The van der Waals surface area contributed by atoms with Gasteiger partial charge in [0.2, 0.25) is 0 Å². The van der Waals surface area contributed by atoms with E-state index in [0.29, 0.717) is 0 Å². The first kappa shape index (κ1) is 4.50. The fraction of sp³-hybridized carbons (Fsp3) is 0.400. The molecule has 0 aromatic heterocycles. The SMILES string of the molecule is [CH]1CCOC=CN1. The largest absolute Gasteiger partial charge is 0.500 e. The van der Waals surface area contributed by atoms with Crippen LogP contribution in [0.25, 0.3) is 0 Å². The summed E-state index contributed by atoms with van der Waals surface area (Å²) in [6.45, 7) is 2.76. The van der Waals surface area contributed by atoms with Crippen LogP contribution in [0.4, 0.5) is 0 Å². The van der Waals surface area contributed by atoms with E-state index in [2.05, 4.69) is 5.32 Å². The zero-order valence-electron chi connectivity index (χ0n) is 4.05. The van der Waals surface area contributed by atoms with Crippen molar-refractivity contribution in [2.24, 2.45) is 0 Å². The van der Waals surface area contributed by atoms with E-state index < -0.39 is 0 Å². The smallest absolute Gasteiger partial charge is 0.0985 e. The Balaban J connectivity index is 2.20. The molecule has 7 heavy (non-hydrogen) atoms. The van der Waals surface area contributed by atoms with Crippen LogP contribution >= 0.6 is 0 Å². The van der Waals surface area contributed by atoms with E-state index in [1.807, 2.05) is 6.54 Å². The maximum atomic E-state index is 4.92. The third-order valence-electron chi connectivity index (χ3n) is 0.758. The molecule has 2 heteroatoms. The molecule has 0 bridgehead atoms. The standard InChI is InChI=1S/C5H8NO/c1-2-6-3-5-7-4-1/h2-3,5-6H,1,4H2. The minimum absolute atomic E-state index is 0.795. The summed E-state index contributed by atoms with van der Waals surface area (Å²) in [5.74, 6) is 0. The number of hydrogen-bond donors (Lipinski definition) is 1. The maximum Gasteiger partial charge on any atom is 0.0985 e. The number of hydrogen-bond acceptors (Lipinski definition) is 2. The Bertz CT molecular complexity index is 62.5. The van der Waals surface area contributed by atoms with Gasteiger partial charge in [0.05, 0.1) is 12.9 Å². The maximum absolute atomic E-state index is 4.92. The van der Waals surface area contributed by atoms with Gasteiger partial charge in [0, 0.05) is 19.2 Å². The van der Waals surface area contributed by atoms with Crippen molar-refractivity contribution < 1.29 is 4.74 Å². The third kappa shape index (κ3) is 1.48. The van der Waals surface area contributed by atoms with Crippen LogP contribution in [0.3, 0.4) is 0 Å². The first-order valence-corrected chi connectivity index (χ1v) is 2.34. The number of ether oxygens (including phenoxy) is 1. The second-order valence-electron chi connectivity index (χ2n) is 1.33. The molecule has 1 N–H and O–H groups in total. The van der Waals surface area contributed by atoms with Crippen molar-refractivity contribution in [3.63, 3.8) is 0 Å². The van der Waals surface area contributed by atoms with Crippen LogP contribution in [0.1, 0.15) is 6.42 Å². The molecule has 0 aromatic carbocycles. The summed E-state index contributed by atoms with van der Waals surface area (Å²) in [4.78, 5) is 0. The average molecular weight is 98.1 g/mol. The summed E-state index contributed by atoms with van der Waals surface area (Å²) in [5.41, 5.74) is 0. The molecule has 2 nitrogen and oxygen atoms in total. The van der Waals surface area contributed by atoms with Gasteiger partial charge in [-0.25, -0.2) is 0 Å². The number of nitrogens with one attached hydrogen (secondary N) is 1. The Kier molecular flexibility index (Phi) is 1.61. The van der Waals surface area contributed by atoms with Crippen molar-refractivity contribution in [3.8, 4) is 0 Å². The van der Waals surface area contributed by atoms with Gasteiger partial charge in [-0.3, -0.25) is 0 Å². The highest BCUT2D eigenvalue weighted by Gasteiger charge is 1.87. The lowest BCUT2D eigenvalue weighted by atomic mass is 10.5. The van der Waals surface area contributed by atoms with Crippen LogP contribution in [-0.2, 0) is 4.74 Å². The topological polar surface area (TPSA) is 21.3 Å². The highest BCUT2D eigenvalue weighted by molar-refractivity contribution is 4.79. The zero-order valence-corrected chi connectivity index (χ0v) is 4.05. The van der Waals surface area contributed by atoms with Crippen LogP contribution in [-0.4, -0.2) is 6.61 Å². The Labute approximate surface area is 43.2 Å². The van der Waals surface area contributed by atoms with Gasteiger partial charge in [-0.2, -0.15) is 0 Å². The molecule has 0 unspecified atom stereocenters. The van der Waals surface area contributed by atoms with Gasteiger partial charge < -0.3 is 10.1 Å². The van der Waals surface area contributed by atoms with Gasteiger partial charge >= 0.3 is 0 Å². The van der Waals surface area contributed by atoms with E-state index in [1.165, 1.54) is 0 Å². The van der Waals surface area contributed by atoms with Crippen molar-refractivity contribution in [1.29, 1.82) is 0 Å². The molecule has 1 rings (SSSR count). The molecule has 1 heterocycles. The summed E-state index contributed by atoms with van der Waals surface area (Å²) in [6, 6.07) is 0. The molecule has 0 fully saturated rings. The Morgan fingerprint density at radius 3 is 3.57 bits per heavy atom. The molecule has 0 aromatic rings. The molecule has 1 aliphatic rings. The van der Waals surface area contributed by atoms with E-state index in [9.17, 15) is 0 Å². The minimum atomic E-state index is 0.795. The van der Waals surface area contributed by atoms with Crippen molar-refractivity contribution in [3.05, 3.63) is 19.0 Å². The summed E-state index contributed by atoms with van der Waals surface area (Å²) in [6.07, 6.45) is 4.41. The Morgan fingerprint density at radius 2 is 2.57 bits per heavy atom. The van der Waals surface area contributed by atoms with E-state index >= 15 is 0 Å². The van der Waals surface area contributed by atoms with Crippen LogP contribution < -0.4 is 5.32 Å². The molecule has 0 saturated carbocycles. The molecule has 0 saturated heterocycles. The highest BCUT2D eigenvalue weighted by Crippen LogP contribution is 1.89. The normalized spacial score (nSPS) is 19.4. The van der Waals surface area contributed by atoms with Crippen molar-refractivity contribution in [2.45, 2.75) is 6.42 Å². The Morgan fingerprint density at radius 1 is 1.57 bits per heavy atom. The van der Waals surface area contributed by atoms with Gasteiger partial charge in [0.25, 0.3) is 0 Å². The summed E-state index contributed by atoms with van der Waals surface area (Å²) >= 11 is 0.